The summed E-state index contributed by atoms with van der Waals surface area (Å²) >= 11 is 6.04. The van der Waals surface area contributed by atoms with Gasteiger partial charge in [0, 0.05) is 49.6 Å². The predicted molar refractivity (Wildman–Crippen MR) is 105 cm³/mol. The van der Waals surface area contributed by atoms with Crippen LogP contribution >= 0.6 is 11.6 Å². The van der Waals surface area contributed by atoms with Crippen molar-refractivity contribution in [2.45, 2.75) is 26.4 Å². The summed E-state index contributed by atoms with van der Waals surface area (Å²) in [6.45, 7) is 6.83. The van der Waals surface area contributed by atoms with Gasteiger partial charge in [-0.3, -0.25) is 9.69 Å². The smallest absolute Gasteiger partial charge is 0.219 e. The van der Waals surface area contributed by atoms with E-state index in [1.54, 1.807) is 19.1 Å². The van der Waals surface area contributed by atoms with Crippen LogP contribution in [0, 0.1) is 24.6 Å². The molecule has 0 bridgehead atoms. The summed E-state index contributed by atoms with van der Waals surface area (Å²) in [5.74, 6) is 0.709. The van der Waals surface area contributed by atoms with E-state index in [2.05, 4.69) is 24.0 Å². The highest BCUT2D eigenvalue weighted by Gasteiger charge is 2.48. The van der Waals surface area contributed by atoms with E-state index in [0.717, 1.165) is 19.6 Å². The molecule has 2 heterocycles. The normalized spacial score (nSPS) is 25.0. The Morgan fingerprint density at radius 3 is 2.70 bits per heavy atom. The molecule has 0 radical (unpaired) electrons. The van der Waals surface area contributed by atoms with Gasteiger partial charge in [-0.15, -0.1) is 0 Å². The Morgan fingerprint density at radius 2 is 1.96 bits per heavy atom. The van der Waals surface area contributed by atoms with Crippen LogP contribution in [0.1, 0.15) is 29.7 Å². The second-order valence-electron chi connectivity index (χ2n) is 7.83. The van der Waals surface area contributed by atoms with Gasteiger partial charge in [0.15, 0.2) is 0 Å². The van der Waals surface area contributed by atoms with E-state index in [1.165, 1.54) is 17.2 Å². The van der Waals surface area contributed by atoms with Crippen molar-refractivity contribution in [3.63, 3.8) is 0 Å². The molecule has 3 atom stereocenters. The Labute approximate surface area is 164 Å². The van der Waals surface area contributed by atoms with Crippen LogP contribution in [0.25, 0.3) is 0 Å². The SMILES string of the molecule is CC(=O)N1C[C@H]2CN(Cc3cc(Cl)ccc3F)C[C@H]2[C@@H]1c1ccccc1C. The van der Waals surface area contributed by atoms with E-state index in [4.69, 9.17) is 11.6 Å². The highest BCUT2D eigenvalue weighted by molar-refractivity contribution is 6.30. The number of rotatable bonds is 3. The first-order valence-electron chi connectivity index (χ1n) is 9.43. The summed E-state index contributed by atoms with van der Waals surface area (Å²) in [6.07, 6.45) is 0. The molecular weight excluding hydrogens is 363 g/mol. The molecule has 0 aromatic heterocycles. The van der Waals surface area contributed by atoms with Gasteiger partial charge in [0.1, 0.15) is 5.82 Å². The second-order valence-corrected chi connectivity index (χ2v) is 8.26. The maximum absolute atomic E-state index is 14.1. The van der Waals surface area contributed by atoms with E-state index in [0.29, 0.717) is 29.0 Å². The van der Waals surface area contributed by atoms with Crippen LogP contribution in [-0.4, -0.2) is 35.3 Å². The van der Waals surface area contributed by atoms with Crippen molar-refractivity contribution in [1.29, 1.82) is 0 Å². The van der Waals surface area contributed by atoms with Crippen LogP contribution in [0.2, 0.25) is 5.02 Å². The van der Waals surface area contributed by atoms with Gasteiger partial charge in [-0.05, 0) is 42.2 Å². The molecule has 0 saturated carbocycles. The van der Waals surface area contributed by atoms with Crippen molar-refractivity contribution in [3.8, 4) is 0 Å². The monoisotopic (exact) mass is 386 g/mol. The first-order chi connectivity index (χ1) is 12.9. The number of hydrogen-bond acceptors (Lipinski definition) is 2. The summed E-state index contributed by atoms with van der Waals surface area (Å²) < 4.78 is 14.1. The zero-order valence-corrected chi connectivity index (χ0v) is 16.4. The van der Waals surface area contributed by atoms with Crippen molar-refractivity contribution < 1.29 is 9.18 Å². The molecule has 0 aliphatic carbocycles. The van der Waals surface area contributed by atoms with E-state index in [9.17, 15) is 9.18 Å². The Balaban J connectivity index is 1.58. The summed E-state index contributed by atoms with van der Waals surface area (Å²) in [4.78, 5) is 16.6. The lowest BCUT2D eigenvalue weighted by Gasteiger charge is -2.30. The average Bonchev–Trinajstić information content (AvgIpc) is 3.16. The van der Waals surface area contributed by atoms with Crippen molar-refractivity contribution >= 4 is 17.5 Å². The Morgan fingerprint density at radius 1 is 1.19 bits per heavy atom. The molecule has 2 fully saturated rings. The summed E-state index contributed by atoms with van der Waals surface area (Å²) in [5.41, 5.74) is 3.09. The zero-order chi connectivity index (χ0) is 19.1. The Kier molecular flexibility index (Phi) is 4.95. The molecule has 0 spiro atoms. The fourth-order valence-electron chi connectivity index (χ4n) is 4.81. The fraction of sp³-hybridized carbons (Fsp3) is 0.409. The number of carbonyl (C=O) groups is 1. The number of hydrogen-bond donors (Lipinski definition) is 0. The first-order valence-corrected chi connectivity index (χ1v) is 9.81. The van der Waals surface area contributed by atoms with Crippen LogP contribution < -0.4 is 0 Å². The van der Waals surface area contributed by atoms with Crippen LogP contribution in [0.4, 0.5) is 4.39 Å². The Bertz CT molecular complexity index is 871. The number of fused-ring (bicyclic) bond motifs is 1. The summed E-state index contributed by atoms with van der Waals surface area (Å²) in [5, 5.41) is 0.561. The minimum Gasteiger partial charge on any atom is -0.335 e. The third-order valence-electron chi connectivity index (χ3n) is 6.05. The van der Waals surface area contributed by atoms with Gasteiger partial charge in [0.25, 0.3) is 0 Å². The van der Waals surface area contributed by atoms with E-state index < -0.39 is 0 Å². The minimum atomic E-state index is -0.211. The predicted octanol–water partition coefficient (Wildman–Crippen LogP) is 4.44. The molecular formula is C22H24ClFN2O. The van der Waals surface area contributed by atoms with Gasteiger partial charge >= 0.3 is 0 Å². The van der Waals surface area contributed by atoms with E-state index >= 15 is 0 Å². The highest BCUT2D eigenvalue weighted by atomic mass is 35.5. The quantitative estimate of drug-likeness (QED) is 0.778. The van der Waals surface area contributed by atoms with Crippen LogP contribution in [-0.2, 0) is 11.3 Å². The minimum absolute atomic E-state index is 0.0999. The number of benzene rings is 2. The maximum atomic E-state index is 14.1. The average molecular weight is 387 g/mol. The molecule has 3 nitrogen and oxygen atoms in total. The molecule has 142 valence electrons. The molecule has 0 unspecified atom stereocenters. The third kappa shape index (κ3) is 3.48. The van der Waals surface area contributed by atoms with Crippen molar-refractivity contribution in [2.24, 2.45) is 11.8 Å². The molecule has 2 saturated heterocycles. The van der Waals surface area contributed by atoms with Crippen LogP contribution in [0.3, 0.4) is 0 Å². The lowest BCUT2D eigenvalue weighted by atomic mass is 9.87. The van der Waals surface area contributed by atoms with Crippen molar-refractivity contribution in [1.82, 2.24) is 9.80 Å². The van der Waals surface area contributed by atoms with Gasteiger partial charge in [0.2, 0.25) is 5.91 Å². The molecule has 27 heavy (non-hydrogen) atoms. The number of carbonyl (C=O) groups excluding carboxylic acids is 1. The van der Waals surface area contributed by atoms with Gasteiger partial charge in [-0.2, -0.15) is 0 Å². The topological polar surface area (TPSA) is 23.6 Å². The second kappa shape index (κ2) is 7.25. The fourth-order valence-corrected chi connectivity index (χ4v) is 5.01. The van der Waals surface area contributed by atoms with Gasteiger partial charge < -0.3 is 4.90 Å². The lowest BCUT2D eigenvalue weighted by molar-refractivity contribution is -0.130. The van der Waals surface area contributed by atoms with Crippen molar-refractivity contribution in [3.05, 3.63) is 70.0 Å². The molecule has 2 aromatic rings. The van der Waals surface area contributed by atoms with E-state index in [-0.39, 0.29) is 17.8 Å². The highest BCUT2D eigenvalue weighted by Crippen LogP contribution is 2.46. The molecule has 0 N–H and O–H groups in total. The zero-order valence-electron chi connectivity index (χ0n) is 15.7. The van der Waals surface area contributed by atoms with E-state index in [1.807, 2.05) is 17.0 Å². The molecule has 4 rings (SSSR count). The standard InChI is InChI=1S/C22H24ClFN2O/c1-14-5-3-4-6-19(14)22-20-13-25(11-17(20)12-26(22)15(2)27)10-16-9-18(23)7-8-21(16)24/h3-9,17,20,22H,10-13H2,1-2H3/t17-,20-,22+/m1/s1. The van der Waals surface area contributed by atoms with Crippen LogP contribution in [0.5, 0.6) is 0 Å². The molecule has 2 aliphatic rings. The first kappa shape index (κ1) is 18.5. The number of likely N-dealkylation sites (tertiary alicyclic amines) is 2. The Hall–Kier alpha value is -1.91. The number of nitrogens with zero attached hydrogens (tertiary/aromatic N) is 2. The van der Waals surface area contributed by atoms with Gasteiger partial charge in [0.05, 0.1) is 6.04 Å². The molecule has 5 heteroatoms. The third-order valence-corrected chi connectivity index (χ3v) is 6.29. The number of aryl methyl sites for hydroxylation is 1. The summed E-state index contributed by atoms with van der Waals surface area (Å²) in [7, 11) is 0. The van der Waals surface area contributed by atoms with Gasteiger partial charge in [-0.25, -0.2) is 4.39 Å². The molecule has 2 aliphatic heterocycles. The maximum Gasteiger partial charge on any atom is 0.219 e. The van der Waals surface area contributed by atoms with Gasteiger partial charge in [-0.1, -0.05) is 35.9 Å². The van der Waals surface area contributed by atoms with Crippen LogP contribution in [0.15, 0.2) is 42.5 Å². The molecule has 1 amide bonds. The largest absolute Gasteiger partial charge is 0.335 e. The lowest BCUT2D eigenvalue weighted by Crippen LogP contribution is -2.34. The molecule has 2 aromatic carbocycles. The summed E-state index contributed by atoms with van der Waals surface area (Å²) in [6, 6.07) is 13.1. The number of amides is 1. The van der Waals surface area contributed by atoms with Crippen molar-refractivity contribution in [2.75, 3.05) is 19.6 Å². The number of halogens is 2.